The second-order valence-corrected chi connectivity index (χ2v) is 13.2. The van der Waals surface area contributed by atoms with Gasteiger partial charge in [-0.1, -0.05) is 29.3 Å². The minimum absolute atomic E-state index is 0.0670. The monoisotopic (exact) mass is 655 g/mol. The molecular weight excluding hydrogens is 630 g/mol. The van der Waals surface area contributed by atoms with Crippen LogP contribution in [0.5, 0.6) is 0 Å². The van der Waals surface area contributed by atoms with E-state index in [1.807, 2.05) is 0 Å². The van der Waals surface area contributed by atoms with Crippen molar-refractivity contribution in [2.45, 2.75) is 30.0 Å². The third kappa shape index (κ3) is 7.90. The number of carbonyl (C=O) groups excluding carboxylic acids is 3. The molecule has 2 aromatic rings. The van der Waals surface area contributed by atoms with E-state index >= 15 is 0 Å². The lowest BCUT2D eigenvalue weighted by molar-refractivity contribution is -0.152. The Morgan fingerprint density at radius 3 is 2.34 bits per heavy atom. The number of alkyl halides is 3. The van der Waals surface area contributed by atoms with Gasteiger partial charge in [0.05, 0.1) is 26.5 Å². The van der Waals surface area contributed by atoms with Gasteiger partial charge in [-0.25, -0.2) is 8.42 Å². The summed E-state index contributed by atoms with van der Waals surface area (Å²) in [7, 11) is -4.48. The van der Waals surface area contributed by atoms with Crippen LogP contribution in [0.2, 0.25) is 9.36 Å². The van der Waals surface area contributed by atoms with Crippen molar-refractivity contribution in [3.05, 3.63) is 44.6 Å². The molecule has 0 radical (unpaired) electrons. The molecule has 0 aliphatic carbocycles. The maximum absolute atomic E-state index is 13.5. The van der Waals surface area contributed by atoms with Gasteiger partial charge < -0.3 is 15.1 Å². The van der Waals surface area contributed by atoms with E-state index in [4.69, 9.17) is 23.2 Å². The summed E-state index contributed by atoms with van der Waals surface area (Å²) in [5, 5.41) is 2.31. The number of rotatable bonds is 9. The van der Waals surface area contributed by atoms with Crippen LogP contribution in [0.1, 0.15) is 22.5 Å². The Labute approximate surface area is 248 Å². The molecule has 10 nitrogen and oxygen atoms in total. The van der Waals surface area contributed by atoms with Crippen molar-refractivity contribution in [2.75, 3.05) is 50.7 Å². The lowest BCUT2D eigenvalue weighted by Crippen LogP contribution is -2.58. The minimum Gasteiger partial charge on any atom is -0.349 e. The van der Waals surface area contributed by atoms with E-state index in [0.29, 0.717) is 23.7 Å². The molecule has 224 valence electrons. The Balaban J connectivity index is 1.54. The molecule has 41 heavy (non-hydrogen) atoms. The van der Waals surface area contributed by atoms with Crippen molar-refractivity contribution < 1.29 is 36.0 Å². The zero-order valence-corrected chi connectivity index (χ0v) is 24.6. The van der Waals surface area contributed by atoms with Gasteiger partial charge in [-0.3, -0.25) is 19.3 Å². The number of amides is 3. The van der Waals surface area contributed by atoms with Crippen LogP contribution >= 0.6 is 34.5 Å². The van der Waals surface area contributed by atoms with Crippen molar-refractivity contribution in [1.82, 2.24) is 19.8 Å². The van der Waals surface area contributed by atoms with Gasteiger partial charge in [-0.05, 0) is 30.7 Å². The highest BCUT2D eigenvalue weighted by atomic mass is 35.5. The van der Waals surface area contributed by atoms with E-state index in [9.17, 15) is 36.0 Å². The molecule has 1 atom stereocenters. The first-order valence-corrected chi connectivity index (χ1v) is 15.5. The largest absolute Gasteiger partial charge is 0.401 e. The van der Waals surface area contributed by atoms with E-state index in [-0.39, 0.29) is 52.6 Å². The van der Waals surface area contributed by atoms with Crippen LogP contribution in [0.4, 0.5) is 18.9 Å². The standard InChI is InChI=1S/C24H26Cl2F3N5O5S2/c25-19-7-6-17(40-19)22(36)30-13-15(23(37)33-11-9-32(10-12-33)14-24(27,28)29)31-41(38,39)18-4-1-3-16(21(18)26)34-8-2-5-20(34)35/h1,3-4,6-7,15,31H,2,5,8-14H2,(H,30,36)/t15-/m0/s1. The van der Waals surface area contributed by atoms with Crippen molar-refractivity contribution in [2.24, 2.45) is 0 Å². The van der Waals surface area contributed by atoms with Crippen LogP contribution in [-0.4, -0.2) is 94.0 Å². The fourth-order valence-corrected chi connectivity index (χ4v) is 7.34. The minimum atomic E-state index is -4.48. The fraction of sp³-hybridized carbons (Fsp3) is 0.458. The molecule has 4 rings (SSSR count). The number of halogens is 5. The molecule has 2 saturated heterocycles. The summed E-state index contributed by atoms with van der Waals surface area (Å²) in [6, 6.07) is 5.61. The molecule has 2 fully saturated rings. The summed E-state index contributed by atoms with van der Waals surface area (Å²) >= 11 is 13.3. The number of piperazine rings is 1. The second kappa shape index (κ2) is 12.8. The Hall–Kier alpha value is -2.43. The lowest BCUT2D eigenvalue weighted by Gasteiger charge is -2.36. The Morgan fingerprint density at radius 1 is 1.05 bits per heavy atom. The maximum Gasteiger partial charge on any atom is 0.401 e. The Kier molecular flexibility index (Phi) is 9.86. The van der Waals surface area contributed by atoms with Gasteiger partial charge in [0.15, 0.2) is 0 Å². The van der Waals surface area contributed by atoms with Gasteiger partial charge in [0.2, 0.25) is 21.8 Å². The van der Waals surface area contributed by atoms with E-state index in [0.717, 1.165) is 16.2 Å². The summed E-state index contributed by atoms with van der Waals surface area (Å²) in [6.07, 6.45) is -3.51. The molecule has 1 aromatic heterocycles. The Bertz CT molecular complexity index is 1410. The number of nitrogens with one attached hydrogen (secondary N) is 2. The third-order valence-electron chi connectivity index (χ3n) is 6.54. The summed E-state index contributed by atoms with van der Waals surface area (Å²) in [5.74, 6) is -1.53. The summed E-state index contributed by atoms with van der Waals surface area (Å²) < 4.78 is 68.0. The van der Waals surface area contributed by atoms with Gasteiger partial charge >= 0.3 is 6.18 Å². The van der Waals surface area contributed by atoms with Crippen LogP contribution in [0.15, 0.2) is 35.2 Å². The van der Waals surface area contributed by atoms with Gasteiger partial charge in [-0.15, -0.1) is 11.3 Å². The number of hydrogen-bond donors (Lipinski definition) is 2. The average molecular weight is 657 g/mol. The molecule has 2 aliphatic rings. The van der Waals surface area contributed by atoms with E-state index in [1.54, 1.807) is 0 Å². The van der Waals surface area contributed by atoms with Crippen molar-refractivity contribution >= 4 is 68.0 Å². The quantitative estimate of drug-likeness (QED) is 0.429. The predicted octanol–water partition coefficient (Wildman–Crippen LogP) is 2.97. The molecule has 1 aromatic carbocycles. The number of thiophene rings is 1. The van der Waals surface area contributed by atoms with Crippen molar-refractivity contribution in [3.63, 3.8) is 0 Å². The number of hydrogen-bond acceptors (Lipinski definition) is 7. The van der Waals surface area contributed by atoms with Crippen LogP contribution in [0.3, 0.4) is 0 Å². The summed E-state index contributed by atoms with van der Waals surface area (Å²) in [5.41, 5.74) is 0.212. The normalized spacial score (nSPS) is 17.6. The molecule has 2 N–H and O–H groups in total. The van der Waals surface area contributed by atoms with Crippen LogP contribution < -0.4 is 14.9 Å². The fourth-order valence-electron chi connectivity index (χ4n) is 4.57. The van der Waals surface area contributed by atoms with Crippen LogP contribution in [0.25, 0.3) is 0 Å². The first-order chi connectivity index (χ1) is 19.2. The molecule has 0 unspecified atom stereocenters. The van der Waals surface area contributed by atoms with Gasteiger partial charge in [0.25, 0.3) is 5.91 Å². The second-order valence-electron chi connectivity index (χ2n) is 9.44. The molecule has 2 aliphatic heterocycles. The number of sulfonamides is 1. The molecule has 3 heterocycles. The van der Waals surface area contributed by atoms with Gasteiger partial charge in [0.1, 0.15) is 10.9 Å². The SMILES string of the molecule is O=C(NC[C@H](NS(=O)(=O)c1cccc(N2CCCC2=O)c1Cl)C(=O)N1CCN(CC(F)(F)F)CC1)c1ccc(Cl)s1. The topological polar surface area (TPSA) is 119 Å². The van der Waals surface area contributed by atoms with Crippen molar-refractivity contribution in [1.29, 1.82) is 0 Å². The summed E-state index contributed by atoms with van der Waals surface area (Å²) in [4.78, 5) is 41.9. The molecule has 0 bridgehead atoms. The first kappa shape index (κ1) is 31.5. The molecule has 0 saturated carbocycles. The summed E-state index contributed by atoms with van der Waals surface area (Å²) in [6.45, 7) is -1.50. The molecule has 17 heteroatoms. The van der Waals surface area contributed by atoms with Gasteiger partial charge in [-0.2, -0.15) is 17.9 Å². The maximum atomic E-state index is 13.5. The predicted molar refractivity (Wildman–Crippen MR) is 148 cm³/mol. The number of carbonyl (C=O) groups is 3. The number of nitrogens with zero attached hydrogens (tertiary/aromatic N) is 3. The van der Waals surface area contributed by atoms with Gasteiger partial charge in [0, 0.05) is 45.7 Å². The van der Waals surface area contributed by atoms with Crippen LogP contribution in [-0.2, 0) is 19.6 Å². The zero-order valence-electron chi connectivity index (χ0n) is 21.4. The average Bonchev–Trinajstić information content (AvgIpc) is 3.53. The Morgan fingerprint density at radius 2 is 1.76 bits per heavy atom. The number of benzene rings is 1. The van der Waals surface area contributed by atoms with E-state index in [2.05, 4.69) is 10.0 Å². The van der Waals surface area contributed by atoms with E-state index in [1.165, 1.54) is 40.1 Å². The number of anilines is 1. The highest BCUT2D eigenvalue weighted by Gasteiger charge is 2.36. The smallest absolute Gasteiger partial charge is 0.349 e. The highest BCUT2D eigenvalue weighted by molar-refractivity contribution is 7.89. The van der Waals surface area contributed by atoms with Crippen LogP contribution in [0, 0.1) is 0 Å². The third-order valence-corrected chi connectivity index (χ3v) is 9.80. The van der Waals surface area contributed by atoms with Crippen molar-refractivity contribution in [3.8, 4) is 0 Å². The van der Waals surface area contributed by atoms with E-state index < -0.39 is 47.1 Å². The lowest BCUT2D eigenvalue weighted by atomic mass is 10.2. The molecule has 3 amide bonds. The molecule has 0 spiro atoms. The highest BCUT2D eigenvalue weighted by Crippen LogP contribution is 2.34. The molecular formula is C24H26Cl2F3N5O5S2. The first-order valence-electron chi connectivity index (χ1n) is 12.5. The zero-order chi connectivity index (χ0) is 29.9.